The van der Waals surface area contributed by atoms with Gasteiger partial charge in [0, 0.05) is 18.3 Å². The van der Waals surface area contributed by atoms with E-state index in [0.29, 0.717) is 5.69 Å². The van der Waals surface area contributed by atoms with Crippen molar-refractivity contribution in [3.8, 4) is 0 Å². The predicted octanol–water partition coefficient (Wildman–Crippen LogP) is 11.4. The van der Waals surface area contributed by atoms with Crippen LogP contribution >= 0.6 is 0 Å². The summed E-state index contributed by atoms with van der Waals surface area (Å²) in [6.45, 7) is 3.20. The molecule has 0 radical (unpaired) electrons. The minimum Gasteiger partial charge on any atom is -0.385 e. The summed E-state index contributed by atoms with van der Waals surface area (Å²) in [5.41, 5.74) is 0.593. The first kappa shape index (κ1) is 33.8. The van der Waals surface area contributed by atoms with Crippen LogP contribution in [0.15, 0.2) is 52.7 Å². The fourth-order valence-electron chi connectivity index (χ4n) is 4.90. The molecule has 0 saturated carbocycles. The Morgan fingerprint density at radius 1 is 0.561 bits per heavy atom. The Morgan fingerprint density at radius 2 is 0.976 bits per heavy atom. The van der Waals surface area contributed by atoms with E-state index in [2.05, 4.69) is 22.5 Å². The third kappa shape index (κ3) is 15.3. The fraction of sp³-hybridized carbons (Fsp3) is 0.625. The third-order valence-electron chi connectivity index (χ3n) is 7.36. The van der Waals surface area contributed by atoms with Crippen molar-refractivity contribution in [2.45, 2.75) is 122 Å². The monoisotopic (exact) mass is 567 g/mol. The number of unbranched alkanes of at least 4 members (excludes halogenated alkanes) is 17. The molecule has 2 aromatic rings. The highest BCUT2D eigenvalue weighted by Gasteiger charge is 2.24. The van der Waals surface area contributed by atoms with E-state index >= 15 is 0 Å². The first-order valence-electron chi connectivity index (χ1n) is 15.7. The van der Waals surface area contributed by atoms with E-state index in [-0.39, 0.29) is 5.69 Å². The quantitative estimate of drug-likeness (QED) is 0.0584. The Balaban J connectivity index is 1.47. The Bertz CT molecular complexity index is 1040. The van der Waals surface area contributed by atoms with Crippen molar-refractivity contribution in [1.29, 1.82) is 0 Å². The van der Waals surface area contributed by atoms with Crippen molar-refractivity contribution < 1.29 is 9.85 Å². The van der Waals surface area contributed by atoms with Crippen LogP contribution in [0.1, 0.15) is 122 Å². The van der Waals surface area contributed by atoms with E-state index in [9.17, 15) is 20.2 Å². The number of nitrogens with one attached hydrogen (secondary N) is 1. The molecule has 41 heavy (non-hydrogen) atoms. The smallest absolute Gasteiger partial charge is 0.348 e. The van der Waals surface area contributed by atoms with Crippen LogP contribution in [0, 0.1) is 20.2 Å². The van der Waals surface area contributed by atoms with Gasteiger partial charge in [-0.05, 0) is 36.8 Å². The maximum absolute atomic E-state index is 11.1. The second-order valence-corrected chi connectivity index (χ2v) is 10.9. The molecule has 2 aromatic carbocycles. The van der Waals surface area contributed by atoms with Gasteiger partial charge in [0.1, 0.15) is 0 Å². The van der Waals surface area contributed by atoms with Gasteiger partial charge in [0.05, 0.1) is 27.3 Å². The van der Waals surface area contributed by atoms with E-state index in [1.807, 2.05) is 12.1 Å². The zero-order valence-electron chi connectivity index (χ0n) is 24.9. The Morgan fingerprint density at radius 3 is 1.44 bits per heavy atom. The summed E-state index contributed by atoms with van der Waals surface area (Å²) in [7, 11) is 0. The second kappa shape index (κ2) is 21.4. The van der Waals surface area contributed by atoms with Crippen LogP contribution in [0.25, 0.3) is 0 Å². The molecule has 0 unspecified atom stereocenters. The SMILES string of the molecule is CCCCCCCCCCCCCCCCCCCCNc1ccc(N=Nc2ccc([N+](=O)[O-])c([N+](=O)[O-])c2)cc1. The second-order valence-electron chi connectivity index (χ2n) is 10.9. The van der Waals surface area contributed by atoms with Crippen molar-refractivity contribution in [2.75, 3.05) is 11.9 Å². The van der Waals surface area contributed by atoms with Gasteiger partial charge < -0.3 is 5.32 Å². The van der Waals surface area contributed by atoms with Crippen LogP contribution in [0.5, 0.6) is 0 Å². The summed E-state index contributed by atoms with van der Waals surface area (Å²) in [4.78, 5) is 20.4. The molecule has 226 valence electrons. The summed E-state index contributed by atoms with van der Waals surface area (Å²) < 4.78 is 0. The fourth-order valence-corrected chi connectivity index (χ4v) is 4.90. The zero-order chi connectivity index (χ0) is 29.5. The van der Waals surface area contributed by atoms with Crippen molar-refractivity contribution in [1.82, 2.24) is 0 Å². The molecule has 0 spiro atoms. The molecule has 0 aromatic heterocycles. The molecule has 9 nitrogen and oxygen atoms in total. The maximum atomic E-state index is 11.1. The molecule has 1 N–H and O–H groups in total. The van der Waals surface area contributed by atoms with Gasteiger partial charge in [0.15, 0.2) is 0 Å². The molecule has 0 saturated heterocycles. The molecule has 2 rings (SSSR count). The summed E-state index contributed by atoms with van der Waals surface area (Å²) in [5, 5.41) is 33.5. The molecule has 0 heterocycles. The lowest BCUT2D eigenvalue weighted by atomic mass is 10.0. The number of nitro groups is 2. The van der Waals surface area contributed by atoms with E-state index in [1.165, 1.54) is 115 Å². The summed E-state index contributed by atoms with van der Waals surface area (Å²) in [5.74, 6) is 0. The van der Waals surface area contributed by atoms with Crippen LogP contribution in [0.2, 0.25) is 0 Å². The Hall–Kier alpha value is -3.36. The van der Waals surface area contributed by atoms with Gasteiger partial charge >= 0.3 is 11.4 Å². The molecule has 0 atom stereocenters. The van der Waals surface area contributed by atoms with Crippen molar-refractivity contribution in [3.05, 3.63) is 62.7 Å². The van der Waals surface area contributed by atoms with Crippen LogP contribution < -0.4 is 5.32 Å². The topological polar surface area (TPSA) is 123 Å². The predicted molar refractivity (Wildman–Crippen MR) is 168 cm³/mol. The molecule has 0 aliphatic carbocycles. The molecule has 0 aliphatic rings. The number of nitrogens with zero attached hydrogens (tertiary/aromatic N) is 4. The number of rotatable bonds is 24. The van der Waals surface area contributed by atoms with Crippen molar-refractivity contribution >= 4 is 28.4 Å². The molecular formula is C32H49N5O4. The van der Waals surface area contributed by atoms with E-state index < -0.39 is 21.2 Å². The minimum absolute atomic E-state index is 0.179. The average Bonchev–Trinajstić information content (AvgIpc) is 2.97. The van der Waals surface area contributed by atoms with Crippen LogP contribution in [-0.2, 0) is 0 Å². The normalized spacial score (nSPS) is 11.2. The molecule has 0 fully saturated rings. The maximum Gasteiger partial charge on any atom is 0.348 e. The van der Waals surface area contributed by atoms with Gasteiger partial charge in [-0.3, -0.25) is 20.2 Å². The largest absolute Gasteiger partial charge is 0.385 e. The van der Waals surface area contributed by atoms with Gasteiger partial charge in [-0.1, -0.05) is 116 Å². The third-order valence-corrected chi connectivity index (χ3v) is 7.36. The number of anilines is 1. The van der Waals surface area contributed by atoms with Crippen LogP contribution in [-0.4, -0.2) is 16.4 Å². The standard InChI is InChI=1S/C32H49N5O4/c1-2-3-4-5-6-7-8-9-10-11-12-13-14-15-16-17-18-19-26-33-28-20-22-29(23-21-28)34-35-30-24-25-31(36(38)39)32(27-30)37(40)41/h20-25,27,33H,2-19,26H2,1H3. The molecule has 0 bridgehead atoms. The summed E-state index contributed by atoms with van der Waals surface area (Å²) in [6.07, 6.45) is 24.7. The van der Waals surface area contributed by atoms with E-state index in [4.69, 9.17) is 0 Å². The molecule has 0 amide bonds. The number of hydrogen-bond donors (Lipinski definition) is 1. The van der Waals surface area contributed by atoms with Gasteiger partial charge in [0.25, 0.3) is 0 Å². The highest BCUT2D eigenvalue weighted by Crippen LogP contribution is 2.31. The van der Waals surface area contributed by atoms with Gasteiger partial charge in [-0.25, -0.2) is 0 Å². The summed E-state index contributed by atoms with van der Waals surface area (Å²) >= 11 is 0. The molecule has 0 aliphatic heterocycles. The minimum atomic E-state index is -0.794. The van der Waals surface area contributed by atoms with E-state index in [0.717, 1.165) is 30.8 Å². The Labute approximate surface area is 245 Å². The lowest BCUT2D eigenvalue weighted by molar-refractivity contribution is -0.422. The highest BCUT2D eigenvalue weighted by molar-refractivity contribution is 5.60. The first-order valence-corrected chi connectivity index (χ1v) is 15.7. The van der Waals surface area contributed by atoms with E-state index in [1.54, 1.807) is 12.1 Å². The average molecular weight is 568 g/mol. The number of benzene rings is 2. The van der Waals surface area contributed by atoms with Crippen LogP contribution in [0.4, 0.5) is 28.4 Å². The van der Waals surface area contributed by atoms with Crippen molar-refractivity contribution in [2.24, 2.45) is 10.2 Å². The van der Waals surface area contributed by atoms with Gasteiger partial charge in [0.2, 0.25) is 0 Å². The number of azo groups is 1. The van der Waals surface area contributed by atoms with Crippen molar-refractivity contribution in [3.63, 3.8) is 0 Å². The number of nitro benzene ring substituents is 2. The summed E-state index contributed by atoms with van der Waals surface area (Å²) in [6, 6.07) is 10.9. The lowest BCUT2D eigenvalue weighted by Gasteiger charge is -2.07. The first-order chi connectivity index (χ1) is 20.0. The van der Waals surface area contributed by atoms with Crippen LogP contribution in [0.3, 0.4) is 0 Å². The van der Waals surface area contributed by atoms with Gasteiger partial charge in [-0.2, -0.15) is 10.2 Å². The zero-order valence-corrected chi connectivity index (χ0v) is 24.9. The highest BCUT2D eigenvalue weighted by atomic mass is 16.6. The molecular weight excluding hydrogens is 518 g/mol. The Kier molecular flexibility index (Phi) is 17.7. The lowest BCUT2D eigenvalue weighted by Crippen LogP contribution is -2.00. The molecule has 9 heteroatoms. The van der Waals surface area contributed by atoms with Gasteiger partial charge in [-0.15, -0.1) is 0 Å². The number of hydrogen-bond acceptors (Lipinski definition) is 7.